The summed E-state index contributed by atoms with van der Waals surface area (Å²) in [4.78, 5) is 12.0. The van der Waals surface area contributed by atoms with E-state index < -0.39 is 0 Å². The van der Waals surface area contributed by atoms with Crippen molar-refractivity contribution in [2.75, 3.05) is 18.9 Å². The zero-order valence-electron chi connectivity index (χ0n) is 10.3. The maximum atomic E-state index is 12.0. The Hall–Kier alpha value is -1.26. The average molecular weight is 269 g/mol. The second-order valence-electron chi connectivity index (χ2n) is 4.54. The molecular weight excluding hydrogens is 252 g/mol. The van der Waals surface area contributed by atoms with Crippen molar-refractivity contribution in [2.45, 2.75) is 19.4 Å². The number of hydrogen-bond acceptors (Lipinski definition) is 3. The normalized spacial score (nSPS) is 23.0. The van der Waals surface area contributed by atoms with Gasteiger partial charge in [-0.05, 0) is 25.5 Å². The predicted molar refractivity (Wildman–Crippen MR) is 71.7 cm³/mol. The van der Waals surface area contributed by atoms with Gasteiger partial charge in [0.25, 0.3) is 5.91 Å². The molecule has 4 nitrogen and oxygen atoms in total. The molecule has 5 heteroatoms. The molecule has 1 heterocycles. The van der Waals surface area contributed by atoms with E-state index in [1.54, 1.807) is 18.2 Å². The fraction of sp³-hybridized carbons (Fsp3) is 0.462. The maximum absolute atomic E-state index is 12.0. The van der Waals surface area contributed by atoms with E-state index in [0.29, 0.717) is 28.7 Å². The zero-order chi connectivity index (χ0) is 13.1. The van der Waals surface area contributed by atoms with Crippen molar-refractivity contribution in [2.24, 2.45) is 5.92 Å². The van der Waals surface area contributed by atoms with Crippen LogP contribution in [0.1, 0.15) is 23.7 Å². The smallest absolute Gasteiger partial charge is 0.254 e. The third-order valence-corrected chi connectivity index (χ3v) is 3.65. The highest BCUT2D eigenvalue weighted by Gasteiger charge is 2.25. The first kappa shape index (κ1) is 13.2. The van der Waals surface area contributed by atoms with E-state index in [1.165, 1.54) is 0 Å². The van der Waals surface area contributed by atoms with Crippen molar-refractivity contribution in [3.05, 3.63) is 28.8 Å². The molecule has 3 N–H and O–H groups in total. The van der Waals surface area contributed by atoms with Crippen molar-refractivity contribution in [1.82, 2.24) is 5.32 Å². The minimum atomic E-state index is -0.225. The Morgan fingerprint density at radius 3 is 3.00 bits per heavy atom. The molecule has 2 atom stereocenters. The van der Waals surface area contributed by atoms with Gasteiger partial charge in [-0.25, -0.2) is 0 Å². The van der Waals surface area contributed by atoms with Gasteiger partial charge in [-0.3, -0.25) is 4.79 Å². The third-order valence-electron chi connectivity index (χ3n) is 3.33. The number of ether oxygens (including phenoxy) is 1. The highest BCUT2D eigenvalue weighted by Crippen LogP contribution is 2.23. The number of hydrogen-bond donors (Lipinski definition) is 2. The molecule has 0 radical (unpaired) electrons. The van der Waals surface area contributed by atoms with Gasteiger partial charge in [0.15, 0.2) is 0 Å². The molecule has 0 spiro atoms. The first-order valence-corrected chi connectivity index (χ1v) is 6.41. The molecule has 1 aliphatic heterocycles. The van der Waals surface area contributed by atoms with Crippen molar-refractivity contribution >= 4 is 23.2 Å². The van der Waals surface area contributed by atoms with Crippen LogP contribution >= 0.6 is 11.6 Å². The lowest BCUT2D eigenvalue weighted by molar-refractivity contribution is 0.0908. The Bertz CT molecular complexity index is 430. The highest BCUT2D eigenvalue weighted by atomic mass is 35.5. The molecule has 1 amide bonds. The number of benzene rings is 1. The lowest BCUT2D eigenvalue weighted by Crippen LogP contribution is -2.32. The molecule has 18 heavy (non-hydrogen) atoms. The van der Waals surface area contributed by atoms with Crippen LogP contribution in [0.5, 0.6) is 0 Å². The number of carbonyl (C=O) groups excluding carboxylic acids is 1. The molecular formula is C13H17ClN2O2. The number of nitrogens with one attached hydrogen (secondary N) is 1. The summed E-state index contributed by atoms with van der Waals surface area (Å²) in [5.74, 6) is 0.134. The molecule has 1 fully saturated rings. The van der Waals surface area contributed by atoms with Gasteiger partial charge in [0, 0.05) is 24.8 Å². The Morgan fingerprint density at radius 2 is 2.39 bits per heavy atom. The van der Waals surface area contributed by atoms with E-state index in [1.807, 2.05) is 6.92 Å². The Morgan fingerprint density at radius 1 is 1.61 bits per heavy atom. The van der Waals surface area contributed by atoms with Crippen LogP contribution in [0.4, 0.5) is 5.69 Å². The standard InChI is InChI=1S/C13H17ClN2O2/c1-8-9(5-6-18-8)7-16-13(17)12-10(14)3-2-4-11(12)15/h2-4,8-9H,5-7,15H2,1H3,(H,16,17). The van der Waals surface area contributed by atoms with Crippen LogP contribution in [0.15, 0.2) is 18.2 Å². The summed E-state index contributed by atoms with van der Waals surface area (Å²) in [5.41, 5.74) is 6.51. The summed E-state index contributed by atoms with van der Waals surface area (Å²) < 4.78 is 5.45. The molecule has 2 unspecified atom stereocenters. The van der Waals surface area contributed by atoms with Crippen LogP contribution in [-0.4, -0.2) is 25.2 Å². The molecule has 0 aromatic heterocycles. The molecule has 2 rings (SSSR count). The molecule has 98 valence electrons. The fourth-order valence-electron chi connectivity index (χ4n) is 2.14. The SMILES string of the molecule is CC1OCCC1CNC(=O)c1c(N)cccc1Cl. The van der Waals surface area contributed by atoms with E-state index in [4.69, 9.17) is 22.1 Å². The Labute approximate surface area is 111 Å². The van der Waals surface area contributed by atoms with Crippen LogP contribution in [-0.2, 0) is 4.74 Å². The van der Waals surface area contributed by atoms with Gasteiger partial charge in [-0.2, -0.15) is 0 Å². The minimum Gasteiger partial charge on any atom is -0.398 e. The topological polar surface area (TPSA) is 64.3 Å². The van der Waals surface area contributed by atoms with Crippen LogP contribution in [0.2, 0.25) is 5.02 Å². The summed E-state index contributed by atoms with van der Waals surface area (Å²) in [6.45, 7) is 3.37. The van der Waals surface area contributed by atoms with Crippen LogP contribution < -0.4 is 11.1 Å². The van der Waals surface area contributed by atoms with Crippen molar-refractivity contribution in [3.8, 4) is 0 Å². The molecule has 0 saturated carbocycles. The van der Waals surface area contributed by atoms with Gasteiger partial charge in [-0.1, -0.05) is 17.7 Å². The predicted octanol–water partition coefficient (Wildman–Crippen LogP) is 2.08. The largest absolute Gasteiger partial charge is 0.398 e. The van der Waals surface area contributed by atoms with Crippen LogP contribution in [0.3, 0.4) is 0 Å². The molecule has 1 aliphatic rings. The van der Waals surface area contributed by atoms with E-state index in [9.17, 15) is 4.79 Å². The van der Waals surface area contributed by atoms with E-state index in [-0.39, 0.29) is 12.0 Å². The number of rotatable bonds is 3. The van der Waals surface area contributed by atoms with Crippen LogP contribution in [0.25, 0.3) is 0 Å². The van der Waals surface area contributed by atoms with Crippen LogP contribution in [0, 0.1) is 5.92 Å². The number of anilines is 1. The fourth-order valence-corrected chi connectivity index (χ4v) is 2.40. The monoisotopic (exact) mass is 268 g/mol. The first-order chi connectivity index (χ1) is 8.59. The summed E-state index contributed by atoms with van der Waals surface area (Å²) in [5, 5.41) is 3.25. The van der Waals surface area contributed by atoms with Crippen molar-refractivity contribution < 1.29 is 9.53 Å². The maximum Gasteiger partial charge on any atom is 0.254 e. The number of halogens is 1. The van der Waals surface area contributed by atoms with Crippen molar-refractivity contribution in [3.63, 3.8) is 0 Å². The highest BCUT2D eigenvalue weighted by molar-refractivity contribution is 6.34. The lowest BCUT2D eigenvalue weighted by atomic mass is 10.0. The quantitative estimate of drug-likeness (QED) is 0.825. The molecule has 1 aromatic rings. The third kappa shape index (κ3) is 2.76. The van der Waals surface area contributed by atoms with E-state index in [0.717, 1.165) is 13.0 Å². The second kappa shape index (κ2) is 5.59. The summed E-state index contributed by atoms with van der Waals surface area (Å²) in [6.07, 6.45) is 1.16. The second-order valence-corrected chi connectivity index (χ2v) is 4.95. The minimum absolute atomic E-state index is 0.189. The van der Waals surface area contributed by atoms with Gasteiger partial charge in [0.05, 0.1) is 16.7 Å². The van der Waals surface area contributed by atoms with Gasteiger partial charge in [-0.15, -0.1) is 0 Å². The first-order valence-electron chi connectivity index (χ1n) is 6.03. The van der Waals surface area contributed by atoms with E-state index >= 15 is 0 Å². The van der Waals surface area contributed by atoms with Gasteiger partial charge in [0.2, 0.25) is 0 Å². The van der Waals surface area contributed by atoms with Crippen molar-refractivity contribution in [1.29, 1.82) is 0 Å². The molecule has 1 saturated heterocycles. The van der Waals surface area contributed by atoms with E-state index in [2.05, 4.69) is 5.32 Å². The number of amides is 1. The lowest BCUT2D eigenvalue weighted by Gasteiger charge is -2.15. The summed E-state index contributed by atoms with van der Waals surface area (Å²) in [6, 6.07) is 5.05. The Kier molecular flexibility index (Phi) is 4.09. The number of nitrogens with two attached hydrogens (primary N) is 1. The Balaban J connectivity index is 1.99. The molecule has 0 aliphatic carbocycles. The van der Waals surface area contributed by atoms with Gasteiger partial charge >= 0.3 is 0 Å². The summed E-state index contributed by atoms with van der Waals surface area (Å²) >= 11 is 5.98. The van der Waals surface area contributed by atoms with Gasteiger partial charge in [0.1, 0.15) is 0 Å². The number of carbonyl (C=O) groups is 1. The average Bonchev–Trinajstić information content (AvgIpc) is 2.72. The van der Waals surface area contributed by atoms with Gasteiger partial charge < -0.3 is 15.8 Å². The summed E-state index contributed by atoms with van der Waals surface area (Å²) in [7, 11) is 0. The number of nitrogen functional groups attached to an aromatic ring is 1. The zero-order valence-corrected chi connectivity index (χ0v) is 11.0. The molecule has 0 bridgehead atoms. The molecule has 1 aromatic carbocycles.